The van der Waals surface area contributed by atoms with E-state index in [1.807, 2.05) is 18.2 Å². The quantitative estimate of drug-likeness (QED) is 0.471. The summed E-state index contributed by atoms with van der Waals surface area (Å²) in [4.78, 5) is 36.2. The van der Waals surface area contributed by atoms with Gasteiger partial charge in [-0.3, -0.25) is 0 Å². The number of rotatable bonds is 3. The average Bonchev–Trinajstić information content (AvgIpc) is 2.63. The fraction of sp³-hybridized carbons (Fsp3) is 0.190. The van der Waals surface area contributed by atoms with Gasteiger partial charge in [-0.1, -0.05) is 36.4 Å². The third-order valence-corrected chi connectivity index (χ3v) is 3.97. The summed E-state index contributed by atoms with van der Waals surface area (Å²) in [7, 11) is 1.31. The normalized spacial score (nSPS) is 15.6. The van der Waals surface area contributed by atoms with E-state index in [9.17, 15) is 14.4 Å². The molecule has 0 unspecified atom stereocenters. The van der Waals surface area contributed by atoms with Gasteiger partial charge in [0, 0.05) is 13.8 Å². The molecule has 0 aliphatic carbocycles. The monoisotopic (exact) mass is 366 g/mol. The van der Waals surface area contributed by atoms with E-state index in [0.717, 1.165) is 11.1 Å². The molecule has 1 fully saturated rings. The third kappa shape index (κ3) is 3.89. The zero-order valence-corrected chi connectivity index (χ0v) is 15.1. The molecule has 0 saturated carbocycles. The Morgan fingerprint density at radius 1 is 1.00 bits per heavy atom. The molecule has 6 nitrogen and oxygen atoms in total. The van der Waals surface area contributed by atoms with Crippen LogP contribution in [0, 0.1) is 0 Å². The summed E-state index contributed by atoms with van der Waals surface area (Å²) in [5, 5.41) is 0. The van der Waals surface area contributed by atoms with Gasteiger partial charge in [0.2, 0.25) is 0 Å². The van der Waals surface area contributed by atoms with E-state index in [1.54, 1.807) is 30.3 Å². The van der Waals surface area contributed by atoms with Crippen LogP contribution < -0.4 is 0 Å². The summed E-state index contributed by atoms with van der Waals surface area (Å²) in [6.45, 7) is 2.98. The molecule has 2 aromatic carbocycles. The van der Waals surface area contributed by atoms with Crippen molar-refractivity contribution in [3.63, 3.8) is 0 Å². The Kier molecular flexibility index (Phi) is 4.81. The number of hydrogen-bond acceptors (Lipinski definition) is 6. The van der Waals surface area contributed by atoms with Crippen LogP contribution in [0.3, 0.4) is 0 Å². The van der Waals surface area contributed by atoms with E-state index >= 15 is 0 Å². The molecule has 27 heavy (non-hydrogen) atoms. The van der Waals surface area contributed by atoms with Crippen LogP contribution in [-0.2, 0) is 23.8 Å². The lowest BCUT2D eigenvalue weighted by Gasteiger charge is -2.29. The summed E-state index contributed by atoms with van der Waals surface area (Å²) in [6.07, 6.45) is 1.43. The van der Waals surface area contributed by atoms with Crippen LogP contribution in [0.1, 0.15) is 29.8 Å². The van der Waals surface area contributed by atoms with Crippen molar-refractivity contribution in [1.29, 1.82) is 0 Å². The molecule has 2 aromatic rings. The van der Waals surface area contributed by atoms with Crippen LogP contribution in [0.15, 0.2) is 54.1 Å². The van der Waals surface area contributed by atoms with Gasteiger partial charge in [-0.25, -0.2) is 14.4 Å². The fourth-order valence-electron chi connectivity index (χ4n) is 2.75. The van der Waals surface area contributed by atoms with Gasteiger partial charge in [0.05, 0.1) is 12.7 Å². The molecular weight excluding hydrogens is 348 g/mol. The number of carbonyl (C=O) groups is 3. The van der Waals surface area contributed by atoms with Crippen LogP contribution in [0.4, 0.5) is 0 Å². The zero-order valence-electron chi connectivity index (χ0n) is 15.1. The Balaban J connectivity index is 2.04. The summed E-state index contributed by atoms with van der Waals surface area (Å²) < 4.78 is 15.0. The largest absolute Gasteiger partial charge is 0.465 e. The molecule has 0 N–H and O–H groups in total. The molecule has 0 spiro atoms. The third-order valence-electron chi connectivity index (χ3n) is 3.97. The standard InChI is InChI=1S/C21H18O6/c1-21(2)26-19(23)17(20(24)27-21)12-14-7-4-5-10-16(14)13-8-6-9-15(11-13)18(22)25-3/h4-12H,1-3H3. The first kappa shape index (κ1) is 18.4. The van der Waals surface area contributed by atoms with Crippen molar-refractivity contribution in [2.75, 3.05) is 7.11 Å². The van der Waals surface area contributed by atoms with Crippen molar-refractivity contribution in [2.45, 2.75) is 19.6 Å². The molecule has 0 atom stereocenters. The minimum atomic E-state index is -1.29. The summed E-state index contributed by atoms with van der Waals surface area (Å²) in [5.41, 5.74) is 2.30. The number of cyclic esters (lactones) is 2. The number of esters is 3. The Morgan fingerprint density at radius 3 is 2.33 bits per heavy atom. The van der Waals surface area contributed by atoms with E-state index in [1.165, 1.54) is 27.0 Å². The molecule has 138 valence electrons. The van der Waals surface area contributed by atoms with Gasteiger partial charge >= 0.3 is 17.9 Å². The number of benzene rings is 2. The lowest BCUT2D eigenvalue weighted by atomic mass is 9.96. The van der Waals surface area contributed by atoms with Gasteiger partial charge < -0.3 is 14.2 Å². The van der Waals surface area contributed by atoms with Crippen molar-refractivity contribution in [3.05, 3.63) is 65.2 Å². The van der Waals surface area contributed by atoms with Gasteiger partial charge in [0.15, 0.2) is 0 Å². The minimum absolute atomic E-state index is 0.189. The predicted molar refractivity (Wildman–Crippen MR) is 97.5 cm³/mol. The second-order valence-corrected chi connectivity index (χ2v) is 6.40. The summed E-state index contributed by atoms with van der Waals surface area (Å²) in [5.74, 6) is -3.22. The maximum absolute atomic E-state index is 12.2. The molecule has 0 radical (unpaired) electrons. The van der Waals surface area contributed by atoms with E-state index in [4.69, 9.17) is 14.2 Å². The molecular formula is C21H18O6. The fourth-order valence-corrected chi connectivity index (χ4v) is 2.75. The lowest BCUT2D eigenvalue weighted by molar-refractivity contribution is -0.222. The second kappa shape index (κ2) is 7.07. The highest BCUT2D eigenvalue weighted by atomic mass is 16.7. The number of methoxy groups -OCH3 is 1. The Bertz CT molecular complexity index is 933. The molecule has 3 rings (SSSR count). The zero-order chi connectivity index (χ0) is 19.6. The van der Waals surface area contributed by atoms with E-state index in [0.29, 0.717) is 11.1 Å². The molecule has 0 bridgehead atoms. The SMILES string of the molecule is COC(=O)c1cccc(-c2ccccc2C=C2C(=O)OC(C)(C)OC2=O)c1. The Hall–Kier alpha value is -3.41. The Labute approximate surface area is 156 Å². The molecule has 1 heterocycles. The highest BCUT2D eigenvalue weighted by Gasteiger charge is 2.38. The molecule has 0 aromatic heterocycles. The van der Waals surface area contributed by atoms with Crippen molar-refractivity contribution < 1.29 is 28.6 Å². The van der Waals surface area contributed by atoms with Gasteiger partial charge in [-0.15, -0.1) is 0 Å². The second-order valence-electron chi connectivity index (χ2n) is 6.40. The van der Waals surface area contributed by atoms with E-state index in [-0.39, 0.29) is 5.57 Å². The van der Waals surface area contributed by atoms with Crippen LogP contribution in [0.2, 0.25) is 0 Å². The maximum Gasteiger partial charge on any atom is 0.348 e. The topological polar surface area (TPSA) is 78.9 Å². The lowest BCUT2D eigenvalue weighted by Crippen LogP contribution is -2.41. The number of ether oxygens (including phenoxy) is 3. The molecule has 0 amide bonds. The maximum atomic E-state index is 12.2. The molecule has 1 saturated heterocycles. The average molecular weight is 366 g/mol. The van der Waals surface area contributed by atoms with Crippen LogP contribution in [-0.4, -0.2) is 30.8 Å². The predicted octanol–water partition coefficient (Wildman–Crippen LogP) is 3.36. The highest BCUT2D eigenvalue weighted by molar-refractivity contribution is 6.19. The molecule has 1 aliphatic rings. The first-order valence-corrected chi connectivity index (χ1v) is 8.27. The van der Waals surface area contributed by atoms with Gasteiger partial charge in [0.25, 0.3) is 5.79 Å². The van der Waals surface area contributed by atoms with Crippen LogP contribution in [0.25, 0.3) is 17.2 Å². The number of hydrogen-bond donors (Lipinski definition) is 0. The Morgan fingerprint density at radius 2 is 1.67 bits per heavy atom. The molecule has 1 aliphatic heterocycles. The first-order chi connectivity index (χ1) is 12.8. The summed E-state index contributed by atoms with van der Waals surface area (Å²) >= 11 is 0. The van der Waals surface area contributed by atoms with E-state index in [2.05, 4.69) is 0 Å². The van der Waals surface area contributed by atoms with Crippen molar-refractivity contribution in [2.24, 2.45) is 0 Å². The highest BCUT2D eigenvalue weighted by Crippen LogP contribution is 2.29. The van der Waals surface area contributed by atoms with Crippen molar-refractivity contribution in [3.8, 4) is 11.1 Å². The van der Waals surface area contributed by atoms with Gasteiger partial charge in [-0.05, 0) is 34.9 Å². The molecule has 6 heteroatoms. The van der Waals surface area contributed by atoms with Gasteiger partial charge in [-0.2, -0.15) is 0 Å². The van der Waals surface area contributed by atoms with Crippen LogP contribution >= 0.6 is 0 Å². The van der Waals surface area contributed by atoms with Crippen LogP contribution in [0.5, 0.6) is 0 Å². The van der Waals surface area contributed by atoms with E-state index < -0.39 is 23.7 Å². The smallest absolute Gasteiger partial charge is 0.348 e. The summed E-state index contributed by atoms with van der Waals surface area (Å²) in [6, 6.07) is 14.1. The van der Waals surface area contributed by atoms with Crippen molar-refractivity contribution in [1.82, 2.24) is 0 Å². The van der Waals surface area contributed by atoms with Crippen molar-refractivity contribution >= 4 is 24.0 Å². The minimum Gasteiger partial charge on any atom is -0.465 e. The first-order valence-electron chi connectivity index (χ1n) is 8.27. The number of carbonyl (C=O) groups excluding carboxylic acids is 3. The van der Waals surface area contributed by atoms with Gasteiger partial charge in [0.1, 0.15) is 5.57 Å².